The first kappa shape index (κ1) is 16.0. The predicted octanol–water partition coefficient (Wildman–Crippen LogP) is 4.50. The fourth-order valence-electron chi connectivity index (χ4n) is 3.70. The molecule has 0 amide bonds. The number of nitrogens with zero attached hydrogens (tertiary/aromatic N) is 1. The highest BCUT2D eigenvalue weighted by Gasteiger charge is 2.47. The molecule has 0 radical (unpaired) electrons. The Morgan fingerprint density at radius 3 is 2.67 bits per heavy atom. The third-order valence-corrected chi connectivity index (χ3v) is 6.81. The Balaban J connectivity index is 1.79. The van der Waals surface area contributed by atoms with Gasteiger partial charge in [0.05, 0.1) is 0 Å². The molecule has 1 aromatic heterocycles. The van der Waals surface area contributed by atoms with E-state index >= 15 is 0 Å². The molecule has 21 heavy (non-hydrogen) atoms. The van der Waals surface area contributed by atoms with Gasteiger partial charge in [0.2, 0.25) is 0 Å². The number of nitrogens with one attached hydrogen (secondary N) is 1. The molecule has 2 nitrogen and oxygen atoms in total. The molecule has 0 spiro atoms. The Kier molecular flexibility index (Phi) is 4.28. The van der Waals surface area contributed by atoms with E-state index in [-0.39, 0.29) is 0 Å². The first-order valence-corrected chi connectivity index (χ1v) is 9.67. The van der Waals surface area contributed by atoms with Crippen molar-refractivity contribution in [1.82, 2.24) is 10.2 Å². The molecule has 0 aromatic carbocycles. The number of halogens is 1. The summed E-state index contributed by atoms with van der Waals surface area (Å²) >= 11 is 5.46. The van der Waals surface area contributed by atoms with Crippen LogP contribution in [0.5, 0.6) is 0 Å². The quantitative estimate of drug-likeness (QED) is 0.842. The molecule has 1 aliphatic carbocycles. The number of piperazine rings is 1. The molecule has 2 fully saturated rings. The zero-order chi connectivity index (χ0) is 15.3. The van der Waals surface area contributed by atoms with Crippen LogP contribution >= 0.6 is 27.3 Å². The van der Waals surface area contributed by atoms with Gasteiger partial charge >= 0.3 is 0 Å². The number of hydrogen-bond donors (Lipinski definition) is 1. The van der Waals surface area contributed by atoms with Gasteiger partial charge in [-0.3, -0.25) is 4.90 Å². The van der Waals surface area contributed by atoms with E-state index in [1.165, 1.54) is 28.7 Å². The van der Waals surface area contributed by atoms with Gasteiger partial charge in [0.1, 0.15) is 0 Å². The maximum absolute atomic E-state index is 3.89. The second-order valence-electron chi connectivity index (χ2n) is 8.09. The molecule has 2 heterocycles. The van der Waals surface area contributed by atoms with Gasteiger partial charge in [0, 0.05) is 45.9 Å². The molecule has 2 atom stereocenters. The first-order chi connectivity index (χ1) is 9.78. The van der Waals surface area contributed by atoms with E-state index in [0.29, 0.717) is 17.0 Å². The normalized spacial score (nSPS) is 31.6. The summed E-state index contributed by atoms with van der Waals surface area (Å²) in [7, 11) is 0. The summed E-state index contributed by atoms with van der Waals surface area (Å²) in [5.41, 5.74) is 0.628. The molecule has 1 saturated carbocycles. The highest BCUT2D eigenvalue weighted by molar-refractivity contribution is 9.10. The molecular weight excluding hydrogens is 344 g/mol. The number of hydrogen-bond acceptors (Lipinski definition) is 3. The molecule has 0 bridgehead atoms. The van der Waals surface area contributed by atoms with Gasteiger partial charge in [-0.1, -0.05) is 20.8 Å². The van der Waals surface area contributed by atoms with Crippen LogP contribution in [0.25, 0.3) is 0 Å². The summed E-state index contributed by atoms with van der Waals surface area (Å²) in [5, 5.41) is 6.09. The van der Waals surface area contributed by atoms with Crippen molar-refractivity contribution < 1.29 is 0 Å². The zero-order valence-corrected chi connectivity index (χ0v) is 16.0. The summed E-state index contributed by atoms with van der Waals surface area (Å²) in [4.78, 5) is 4.20. The van der Waals surface area contributed by atoms with E-state index in [9.17, 15) is 0 Å². The Labute approximate surface area is 141 Å². The summed E-state index contributed by atoms with van der Waals surface area (Å²) in [6.45, 7) is 12.9. The Bertz CT molecular complexity index is 503. The highest BCUT2D eigenvalue weighted by atomic mass is 79.9. The molecule has 1 aliphatic heterocycles. The van der Waals surface area contributed by atoms with E-state index < -0.39 is 0 Å². The lowest BCUT2D eigenvalue weighted by Gasteiger charge is -2.51. The topological polar surface area (TPSA) is 15.3 Å². The number of rotatable bonds is 3. The van der Waals surface area contributed by atoms with Crippen molar-refractivity contribution >= 4 is 27.3 Å². The second-order valence-corrected chi connectivity index (χ2v) is 10.0. The van der Waals surface area contributed by atoms with Crippen LogP contribution in [0.15, 0.2) is 15.9 Å². The van der Waals surface area contributed by atoms with Crippen molar-refractivity contribution in [2.75, 3.05) is 13.1 Å². The lowest BCUT2D eigenvalue weighted by molar-refractivity contribution is 0.0152. The highest BCUT2D eigenvalue weighted by Crippen LogP contribution is 2.43. The van der Waals surface area contributed by atoms with E-state index in [0.717, 1.165) is 19.0 Å². The molecule has 1 N–H and O–H groups in total. The average molecular weight is 371 g/mol. The van der Waals surface area contributed by atoms with Crippen LogP contribution in [0.3, 0.4) is 0 Å². The molecule has 3 rings (SSSR count). The van der Waals surface area contributed by atoms with Crippen LogP contribution in [-0.4, -0.2) is 29.6 Å². The van der Waals surface area contributed by atoms with Gasteiger partial charge in [0.15, 0.2) is 0 Å². The zero-order valence-electron chi connectivity index (χ0n) is 13.6. The fraction of sp³-hybridized carbons (Fsp3) is 0.765. The van der Waals surface area contributed by atoms with Crippen molar-refractivity contribution in [3.63, 3.8) is 0 Å². The van der Waals surface area contributed by atoms with E-state index in [1.807, 2.05) is 11.3 Å². The van der Waals surface area contributed by atoms with Crippen molar-refractivity contribution in [2.24, 2.45) is 11.3 Å². The van der Waals surface area contributed by atoms with Crippen LogP contribution in [-0.2, 0) is 6.54 Å². The lowest BCUT2D eigenvalue weighted by atomic mass is 9.80. The first-order valence-electron chi connectivity index (χ1n) is 8.00. The van der Waals surface area contributed by atoms with Crippen LogP contribution in [0.4, 0.5) is 0 Å². The minimum absolute atomic E-state index is 0.312. The van der Waals surface area contributed by atoms with Gasteiger partial charge in [-0.05, 0) is 53.1 Å². The minimum atomic E-state index is 0.312. The van der Waals surface area contributed by atoms with Crippen LogP contribution in [0.1, 0.15) is 45.4 Å². The summed E-state index contributed by atoms with van der Waals surface area (Å²) < 4.78 is 1.22. The molecule has 118 valence electrons. The third kappa shape index (κ3) is 3.54. The van der Waals surface area contributed by atoms with Crippen LogP contribution < -0.4 is 5.32 Å². The standard InChI is InChI=1S/C17H27BrN2S/c1-16(2,3)15-8-19-17(4,12-5-6-12)11-20(15)9-14-7-13(18)10-21-14/h7,10,12,15,19H,5-6,8-9,11H2,1-4H3. The predicted molar refractivity (Wildman–Crippen MR) is 94.8 cm³/mol. The molecule has 2 aliphatic rings. The monoisotopic (exact) mass is 370 g/mol. The van der Waals surface area contributed by atoms with Gasteiger partial charge < -0.3 is 5.32 Å². The van der Waals surface area contributed by atoms with Crippen LogP contribution in [0.2, 0.25) is 0 Å². The molecule has 4 heteroatoms. The SMILES string of the molecule is CC(C)(C)C1CNC(C)(C2CC2)CN1Cc1cc(Br)cs1. The molecular formula is C17H27BrN2S. The Hall–Kier alpha value is 0.1000. The third-order valence-electron chi connectivity index (χ3n) is 5.13. The molecule has 1 aromatic rings. The van der Waals surface area contributed by atoms with Gasteiger partial charge in [0.25, 0.3) is 0 Å². The minimum Gasteiger partial charge on any atom is -0.308 e. The van der Waals surface area contributed by atoms with Gasteiger partial charge in [-0.2, -0.15) is 0 Å². The largest absolute Gasteiger partial charge is 0.308 e. The summed E-state index contributed by atoms with van der Waals surface area (Å²) in [5.74, 6) is 0.885. The van der Waals surface area contributed by atoms with E-state index in [4.69, 9.17) is 0 Å². The van der Waals surface area contributed by atoms with Gasteiger partial charge in [-0.25, -0.2) is 0 Å². The fourth-order valence-corrected chi connectivity index (χ4v) is 5.17. The van der Waals surface area contributed by atoms with Crippen molar-refractivity contribution in [3.05, 3.63) is 20.8 Å². The second kappa shape index (κ2) is 5.63. The van der Waals surface area contributed by atoms with Gasteiger partial charge in [-0.15, -0.1) is 11.3 Å². The van der Waals surface area contributed by atoms with Crippen molar-refractivity contribution in [2.45, 2.75) is 58.7 Å². The molecule has 2 unspecified atom stereocenters. The lowest BCUT2D eigenvalue weighted by Crippen LogP contribution is -2.66. The Morgan fingerprint density at radius 1 is 1.43 bits per heavy atom. The van der Waals surface area contributed by atoms with Crippen molar-refractivity contribution in [3.8, 4) is 0 Å². The smallest absolute Gasteiger partial charge is 0.0332 e. The average Bonchev–Trinajstić information content (AvgIpc) is 3.14. The number of thiophene rings is 1. The Morgan fingerprint density at radius 2 is 2.14 bits per heavy atom. The van der Waals surface area contributed by atoms with E-state index in [1.54, 1.807) is 0 Å². The van der Waals surface area contributed by atoms with E-state index in [2.05, 4.69) is 65.3 Å². The maximum Gasteiger partial charge on any atom is 0.0332 e. The summed E-state index contributed by atoms with van der Waals surface area (Å²) in [6.07, 6.45) is 2.81. The summed E-state index contributed by atoms with van der Waals surface area (Å²) in [6, 6.07) is 2.88. The van der Waals surface area contributed by atoms with Crippen LogP contribution in [0, 0.1) is 11.3 Å². The van der Waals surface area contributed by atoms with Crippen molar-refractivity contribution in [1.29, 1.82) is 0 Å². The maximum atomic E-state index is 3.89. The molecule has 1 saturated heterocycles.